The Morgan fingerprint density at radius 2 is 2.15 bits per heavy atom. The van der Waals surface area contributed by atoms with Crippen LogP contribution in [0.2, 0.25) is 0 Å². The Morgan fingerprint density at radius 1 is 1.35 bits per heavy atom. The fraction of sp³-hybridized carbons (Fsp3) is 0.267. The second-order valence-corrected chi connectivity index (χ2v) is 5.91. The van der Waals surface area contributed by atoms with Crippen molar-refractivity contribution < 1.29 is 4.79 Å². The van der Waals surface area contributed by atoms with Crippen LogP contribution >= 0.6 is 11.3 Å². The maximum Gasteiger partial charge on any atom is 0.250 e. The molecule has 1 amide bonds. The average molecular weight is 285 g/mol. The molecule has 0 atom stereocenters. The van der Waals surface area contributed by atoms with Gasteiger partial charge in [0.25, 0.3) is 0 Å². The first kappa shape index (κ1) is 13.0. The van der Waals surface area contributed by atoms with Gasteiger partial charge in [0.1, 0.15) is 5.01 Å². The third-order valence-electron chi connectivity index (χ3n) is 3.20. The second kappa shape index (κ2) is 5.54. The number of carbonyl (C=O) groups excluding carboxylic acids is 1. The second-order valence-electron chi connectivity index (χ2n) is 4.90. The third kappa shape index (κ3) is 3.11. The fourth-order valence-corrected chi connectivity index (χ4v) is 2.78. The molecule has 1 aliphatic rings. The molecule has 0 saturated heterocycles. The molecular formula is C15H15N3OS. The first-order chi connectivity index (χ1) is 9.72. The minimum absolute atomic E-state index is 0.174. The molecule has 3 rings (SSSR count). The van der Waals surface area contributed by atoms with Gasteiger partial charge in [-0.2, -0.15) is 0 Å². The van der Waals surface area contributed by atoms with Crippen LogP contribution in [0.1, 0.15) is 34.9 Å². The highest BCUT2D eigenvalue weighted by atomic mass is 32.1. The van der Waals surface area contributed by atoms with Gasteiger partial charge in [-0.1, -0.05) is 35.6 Å². The van der Waals surface area contributed by atoms with Gasteiger partial charge in [-0.05, 0) is 37.0 Å². The predicted octanol–water partition coefficient (Wildman–Crippen LogP) is 3.38. The van der Waals surface area contributed by atoms with Crippen molar-refractivity contribution in [3.05, 3.63) is 46.5 Å². The zero-order valence-electron chi connectivity index (χ0n) is 11.2. The Balaban J connectivity index is 1.62. The number of anilines is 1. The van der Waals surface area contributed by atoms with Gasteiger partial charge in [0.15, 0.2) is 0 Å². The molecule has 1 saturated carbocycles. The molecule has 2 aromatic rings. The highest BCUT2D eigenvalue weighted by molar-refractivity contribution is 7.15. The van der Waals surface area contributed by atoms with E-state index in [-0.39, 0.29) is 5.91 Å². The molecule has 0 radical (unpaired) electrons. The molecular weight excluding hydrogens is 270 g/mol. The van der Waals surface area contributed by atoms with E-state index in [4.69, 9.17) is 0 Å². The van der Waals surface area contributed by atoms with Crippen molar-refractivity contribution in [3.63, 3.8) is 0 Å². The normalized spacial score (nSPS) is 14.7. The quantitative estimate of drug-likeness (QED) is 0.876. The van der Waals surface area contributed by atoms with Crippen LogP contribution < -0.4 is 5.32 Å². The van der Waals surface area contributed by atoms with Gasteiger partial charge in [0, 0.05) is 12.0 Å². The number of amides is 1. The number of nitrogens with one attached hydrogen (secondary N) is 1. The van der Waals surface area contributed by atoms with Gasteiger partial charge in [-0.15, -0.1) is 10.2 Å². The summed E-state index contributed by atoms with van der Waals surface area (Å²) in [6.07, 6.45) is 5.72. The first-order valence-corrected chi connectivity index (χ1v) is 7.42. The van der Waals surface area contributed by atoms with Crippen molar-refractivity contribution in [1.29, 1.82) is 0 Å². The summed E-state index contributed by atoms with van der Waals surface area (Å²) in [5.41, 5.74) is 2.18. The molecule has 1 aliphatic carbocycles. The van der Waals surface area contributed by atoms with Crippen LogP contribution in [0.4, 0.5) is 5.13 Å². The lowest BCUT2D eigenvalue weighted by Crippen LogP contribution is -2.07. The summed E-state index contributed by atoms with van der Waals surface area (Å²) in [6.45, 7) is 2.02. The van der Waals surface area contributed by atoms with Gasteiger partial charge >= 0.3 is 0 Å². The molecule has 0 spiro atoms. The molecule has 0 unspecified atom stereocenters. The molecule has 20 heavy (non-hydrogen) atoms. The average Bonchev–Trinajstić information content (AvgIpc) is 3.19. The summed E-state index contributed by atoms with van der Waals surface area (Å²) < 4.78 is 0. The maximum absolute atomic E-state index is 11.8. The summed E-state index contributed by atoms with van der Waals surface area (Å²) in [6, 6.07) is 7.93. The van der Waals surface area contributed by atoms with Crippen molar-refractivity contribution in [2.24, 2.45) is 0 Å². The Labute approximate surface area is 121 Å². The molecule has 102 valence electrons. The predicted molar refractivity (Wildman–Crippen MR) is 80.7 cm³/mol. The number of nitrogens with zero attached hydrogens (tertiary/aromatic N) is 2. The van der Waals surface area contributed by atoms with Gasteiger partial charge < -0.3 is 0 Å². The van der Waals surface area contributed by atoms with Crippen LogP contribution in [0, 0.1) is 6.92 Å². The number of carbonyl (C=O) groups is 1. The SMILES string of the molecule is Cc1ccccc1/C=C/C(=O)Nc1nnc(C2CC2)s1. The van der Waals surface area contributed by atoms with Crippen molar-refractivity contribution in [2.45, 2.75) is 25.7 Å². The van der Waals surface area contributed by atoms with Crippen molar-refractivity contribution in [1.82, 2.24) is 10.2 Å². The van der Waals surface area contributed by atoms with E-state index in [1.165, 1.54) is 30.3 Å². The Kier molecular flexibility index (Phi) is 3.60. The molecule has 1 heterocycles. The standard InChI is InChI=1S/C15H15N3OS/c1-10-4-2-3-5-11(10)8-9-13(19)16-15-18-17-14(20-15)12-6-7-12/h2-5,8-9,12H,6-7H2,1H3,(H,16,18,19)/b9-8+. The molecule has 4 nitrogen and oxygen atoms in total. The molecule has 5 heteroatoms. The lowest BCUT2D eigenvalue weighted by molar-refractivity contribution is -0.111. The van der Waals surface area contributed by atoms with E-state index in [0.717, 1.165) is 16.1 Å². The minimum atomic E-state index is -0.174. The van der Waals surface area contributed by atoms with E-state index in [1.807, 2.05) is 37.3 Å². The zero-order valence-corrected chi connectivity index (χ0v) is 12.0. The summed E-state index contributed by atoms with van der Waals surface area (Å²) in [7, 11) is 0. The summed E-state index contributed by atoms with van der Waals surface area (Å²) in [5, 5.41) is 12.4. The van der Waals surface area contributed by atoms with E-state index in [9.17, 15) is 4.79 Å². The third-order valence-corrected chi connectivity index (χ3v) is 4.20. The smallest absolute Gasteiger partial charge is 0.250 e. The van der Waals surface area contributed by atoms with Gasteiger partial charge in [0.05, 0.1) is 0 Å². The van der Waals surface area contributed by atoms with Crippen LogP contribution in [0.25, 0.3) is 6.08 Å². The molecule has 1 fully saturated rings. The molecule has 0 aliphatic heterocycles. The van der Waals surface area contributed by atoms with E-state index in [0.29, 0.717) is 11.0 Å². The monoisotopic (exact) mass is 285 g/mol. The fourth-order valence-electron chi connectivity index (χ4n) is 1.87. The molecule has 1 aromatic carbocycles. The van der Waals surface area contributed by atoms with Crippen molar-refractivity contribution >= 4 is 28.5 Å². The number of hydrogen-bond acceptors (Lipinski definition) is 4. The van der Waals surface area contributed by atoms with Gasteiger partial charge in [-0.3, -0.25) is 10.1 Å². The minimum Gasteiger partial charge on any atom is -0.297 e. The van der Waals surface area contributed by atoms with Crippen LogP contribution in [0.3, 0.4) is 0 Å². The summed E-state index contributed by atoms with van der Waals surface area (Å²) in [4.78, 5) is 11.8. The number of aryl methyl sites for hydroxylation is 1. The summed E-state index contributed by atoms with van der Waals surface area (Å²) >= 11 is 1.47. The van der Waals surface area contributed by atoms with E-state index in [2.05, 4.69) is 15.5 Å². The van der Waals surface area contributed by atoms with Crippen molar-refractivity contribution in [3.8, 4) is 0 Å². The van der Waals surface area contributed by atoms with Crippen LogP contribution in [-0.2, 0) is 4.79 Å². The van der Waals surface area contributed by atoms with Gasteiger partial charge in [0.2, 0.25) is 11.0 Å². The van der Waals surface area contributed by atoms with Crippen LogP contribution in [0.15, 0.2) is 30.3 Å². The van der Waals surface area contributed by atoms with E-state index >= 15 is 0 Å². The molecule has 1 N–H and O–H groups in total. The number of benzene rings is 1. The van der Waals surface area contributed by atoms with E-state index in [1.54, 1.807) is 0 Å². The van der Waals surface area contributed by atoms with Crippen LogP contribution in [0.5, 0.6) is 0 Å². The maximum atomic E-state index is 11.8. The Hall–Kier alpha value is -2.01. The molecule has 1 aromatic heterocycles. The highest BCUT2D eigenvalue weighted by Gasteiger charge is 2.27. The number of rotatable bonds is 4. The highest BCUT2D eigenvalue weighted by Crippen LogP contribution is 2.41. The number of aromatic nitrogens is 2. The summed E-state index contributed by atoms with van der Waals surface area (Å²) in [5.74, 6) is 0.396. The Morgan fingerprint density at radius 3 is 2.90 bits per heavy atom. The lowest BCUT2D eigenvalue weighted by Gasteiger charge is -1.98. The number of hydrogen-bond donors (Lipinski definition) is 1. The topological polar surface area (TPSA) is 54.9 Å². The largest absolute Gasteiger partial charge is 0.297 e. The van der Waals surface area contributed by atoms with Gasteiger partial charge in [-0.25, -0.2) is 0 Å². The van der Waals surface area contributed by atoms with E-state index < -0.39 is 0 Å². The Bertz CT molecular complexity index is 659. The zero-order chi connectivity index (χ0) is 13.9. The first-order valence-electron chi connectivity index (χ1n) is 6.60. The van der Waals surface area contributed by atoms with Crippen LogP contribution in [-0.4, -0.2) is 16.1 Å². The van der Waals surface area contributed by atoms with Crippen molar-refractivity contribution in [2.75, 3.05) is 5.32 Å². The molecule has 0 bridgehead atoms. The lowest BCUT2D eigenvalue weighted by atomic mass is 10.1.